The number of halogens is 1. The predicted molar refractivity (Wildman–Crippen MR) is 67.5 cm³/mol. The standard InChI is InChI=1S/C11H15ClN2O3/c1-7(11(2,3)15)13-8-4-5-9(12)10(6-8)14(16)17/h4-7,13,15H,1-3H3. The van der Waals surface area contributed by atoms with Gasteiger partial charge in [-0.25, -0.2) is 0 Å². The Labute approximate surface area is 105 Å². The molecular weight excluding hydrogens is 244 g/mol. The molecule has 0 aliphatic rings. The van der Waals surface area contributed by atoms with Gasteiger partial charge in [-0.1, -0.05) is 11.6 Å². The minimum atomic E-state index is -0.922. The van der Waals surface area contributed by atoms with Crippen LogP contribution in [0.1, 0.15) is 20.8 Å². The molecule has 5 nitrogen and oxygen atoms in total. The van der Waals surface area contributed by atoms with E-state index in [-0.39, 0.29) is 16.8 Å². The first-order valence-electron chi connectivity index (χ1n) is 5.14. The summed E-state index contributed by atoms with van der Waals surface area (Å²) in [6, 6.07) is 4.20. The summed E-state index contributed by atoms with van der Waals surface area (Å²) in [7, 11) is 0. The van der Waals surface area contributed by atoms with Crippen LogP contribution in [0.2, 0.25) is 5.02 Å². The van der Waals surface area contributed by atoms with Gasteiger partial charge in [0.05, 0.1) is 16.6 Å². The quantitative estimate of drug-likeness (QED) is 0.643. The summed E-state index contributed by atoms with van der Waals surface area (Å²) in [5.74, 6) is 0. The maximum absolute atomic E-state index is 10.7. The molecule has 1 unspecified atom stereocenters. The minimum absolute atomic E-state index is 0.0939. The summed E-state index contributed by atoms with van der Waals surface area (Å²) in [4.78, 5) is 10.2. The third kappa shape index (κ3) is 3.57. The van der Waals surface area contributed by atoms with Gasteiger partial charge in [-0.2, -0.15) is 0 Å². The number of nitrogens with zero attached hydrogens (tertiary/aromatic N) is 1. The molecule has 0 aliphatic heterocycles. The number of nitrogens with one attached hydrogen (secondary N) is 1. The zero-order valence-corrected chi connectivity index (χ0v) is 10.7. The Morgan fingerprint density at radius 1 is 1.53 bits per heavy atom. The molecule has 1 rings (SSSR count). The lowest BCUT2D eigenvalue weighted by molar-refractivity contribution is -0.384. The van der Waals surface area contributed by atoms with Crippen LogP contribution >= 0.6 is 11.6 Å². The molecule has 0 aromatic heterocycles. The zero-order valence-electron chi connectivity index (χ0n) is 9.90. The molecule has 1 aromatic rings. The summed E-state index contributed by atoms with van der Waals surface area (Å²) < 4.78 is 0. The van der Waals surface area contributed by atoms with Crippen molar-refractivity contribution in [2.24, 2.45) is 0 Å². The highest BCUT2D eigenvalue weighted by atomic mass is 35.5. The van der Waals surface area contributed by atoms with Crippen LogP contribution in [-0.2, 0) is 0 Å². The third-order valence-corrected chi connectivity index (χ3v) is 2.91. The second-order valence-electron chi connectivity index (χ2n) is 4.44. The van der Waals surface area contributed by atoms with E-state index in [1.807, 2.05) is 0 Å². The molecule has 6 heteroatoms. The van der Waals surface area contributed by atoms with Gasteiger partial charge in [0.25, 0.3) is 5.69 Å². The van der Waals surface area contributed by atoms with Gasteiger partial charge in [-0.05, 0) is 32.9 Å². The molecule has 0 radical (unpaired) electrons. The van der Waals surface area contributed by atoms with E-state index in [2.05, 4.69) is 5.32 Å². The number of hydrogen-bond donors (Lipinski definition) is 2. The van der Waals surface area contributed by atoms with Gasteiger partial charge >= 0.3 is 0 Å². The van der Waals surface area contributed by atoms with Crippen molar-refractivity contribution in [2.75, 3.05) is 5.32 Å². The van der Waals surface area contributed by atoms with E-state index >= 15 is 0 Å². The van der Waals surface area contributed by atoms with Crippen molar-refractivity contribution in [1.82, 2.24) is 0 Å². The van der Waals surface area contributed by atoms with Crippen LogP contribution < -0.4 is 5.32 Å². The Balaban J connectivity index is 2.94. The average Bonchev–Trinajstić information content (AvgIpc) is 2.19. The summed E-state index contributed by atoms with van der Waals surface area (Å²) in [6.07, 6.45) is 0. The van der Waals surface area contributed by atoms with Crippen LogP contribution in [0.3, 0.4) is 0 Å². The molecule has 0 saturated carbocycles. The van der Waals surface area contributed by atoms with Crippen molar-refractivity contribution < 1.29 is 10.0 Å². The van der Waals surface area contributed by atoms with Gasteiger partial charge in [-0.15, -0.1) is 0 Å². The fourth-order valence-electron chi connectivity index (χ4n) is 1.17. The summed E-state index contributed by atoms with van der Waals surface area (Å²) >= 11 is 5.70. The Morgan fingerprint density at radius 2 is 2.12 bits per heavy atom. The number of aliphatic hydroxyl groups is 1. The van der Waals surface area contributed by atoms with Crippen molar-refractivity contribution in [3.05, 3.63) is 33.3 Å². The second kappa shape index (κ2) is 4.89. The molecule has 0 aliphatic carbocycles. The molecule has 94 valence electrons. The van der Waals surface area contributed by atoms with Gasteiger partial charge in [0, 0.05) is 11.8 Å². The van der Waals surface area contributed by atoms with E-state index in [9.17, 15) is 15.2 Å². The topological polar surface area (TPSA) is 75.4 Å². The molecule has 0 saturated heterocycles. The van der Waals surface area contributed by atoms with E-state index in [0.717, 1.165) is 0 Å². The Morgan fingerprint density at radius 3 is 2.59 bits per heavy atom. The summed E-state index contributed by atoms with van der Waals surface area (Å²) in [5, 5.41) is 23.5. The van der Waals surface area contributed by atoms with Crippen molar-refractivity contribution >= 4 is 23.0 Å². The molecule has 0 fully saturated rings. The lowest BCUT2D eigenvalue weighted by Crippen LogP contribution is -2.39. The minimum Gasteiger partial charge on any atom is -0.388 e. The molecule has 17 heavy (non-hydrogen) atoms. The van der Waals surface area contributed by atoms with Crippen molar-refractivity contribution in [3.63, 3.8) is 0 Å². The van der Waals surface area contributed by atoms with E-state index < -0.39 is 10.5 Å². The van der Waals surface area contributed by atoms with Gasteiger partial charge in [-0.3, -0.25) is 10.1 Å². The lowest BCUT2D eigenvalue weighted by atomic mass is 10.0. The fourth-order valence-corrected chi connectivity index (χ4v) is 1.36. The molecule has 2 N–H and O–H groups in total. The normalized spacial score (nSPS) is 13.2. The smallest absolute Gasteiger partial charge is 0.289 e. The molecule has 1 atom stereocenters. The van der Waals surface area contributed by atoms with Crippen LogP contribution in [0.4, 0.5) is 11.4 Å². The number of nitro benzene ring substituents is 1. The average molecular weight is 259 g/mol. The fraction of sp³-hybridized carbons (Fsp3) is 0.455. The Kier molecular flexibility index (Phi) is 3.95. The molecule has 0 bridgehead atoms. The Hall–Kier alpha value is -1.33. The van der Waals surface area contributed by atoms with Crippen LogP contribution in [0, 0.1) is 10.1 Å². The van der Waals surface area contributed by atoms with Gasteiger partial charge in [0.2, 0.25) is 0 Å². The second-order valence-corrected chi connectivity index (χ2v) is 4.85. The maximum Gasteiger partial charge on any atom is 0.289 e. The Bertz CT molecular complexity index is 429. The lowest BCUT2D eigenvalue weighted by Gasteiger charge is -2.27. The van der Waals surface area contributed by atoms with E-state index in [0.29, 0.717) is 5.69 Å². The monoisotopic (exact) mass is 258 g/mol. The maximum atomic E-state index is 10.7. The van der Waals surface area contributed by atoms with E-state index in [4.69, 9.17) is 11.6 Å². The van der Waals surface area contributed by atoms with Crippen LogP contribution in [0.5, 0.6) is 0 Å². The number of benzene rings is 1. The molecule has 0 spiro atoms. The summed E-state index contributed by atoms with van der Waals surface area (Å²) in [6.45, 7) is 5.12. The van der Waals surface area contributed by atoms with Gasteiger partial charge in [0.15, 0.2) is 0 Å². The first kappa shape index (κ1) is 13.7. The van der Waals surface area contributed by atoms with E-state index in [1.165, 1.54) is 12.1 Å². The zero-order chi connectivity index (χ0) is 13.2. The highest BCUT2D eigenvalue weighted by Crippen LogP contribution is 2.28. The van der Waals surface area contributed by atoms with Crippen molar-refractivity contribution in [3.8, 4) is 0 Å². The van der Waals surface area contributed by atoms with Gasteiger partial charge < -0.3 is 10.4 Å². The predicted octanol–water partition coefficient (Wildman–Crippen LogP) is 2.82. The van der Waals surface area contributed by atoms with E-state index in [1.54, 1.807) is 26.8 Å². The number of anilines is 1. The molecule has 1 aromatic carbocycles. The first-order chi connectivity index (χ1) is 7.71. The number of hydrogen-bond acceptors (Lipinski definition) is 4. The molecular formula is C11H15ClN2O3. The van der Waals surface area contributed by atoms with Crippen molar-refractivity contribution in [2.45, 2.75) is 32.4 Å². The SMILES string of the molecule is CC(Nc1ccc(Cl)c([N+](=O)[O-])c1)C(C)(C)O. The summed E-state index contributed by atoms with van der Waals surface area (Å²) in [5.41, 5.74) is -0.524. The molecule has 0 amide bonds. The van der Waals surface area contributed by atoms with Gasteiger partial charge in [0.1, 0.15) is 5.02 Å². The molecule has 0 heterocycles. The first-order valence-corrected chi connectivity index (χ1v) is 5.52. The van der Waals surface area contributed by atoms with Crippen LogP contribution in [-0.4, -0.2) is 21.7 Å². The van der Waals surface area contributed by atoms with Crippen LogP contribution in [0.15, 0.2) is 18.2 Å². The highest BCUT2D eigenvalue weighted by molar-refractivity contribution is 6.32. The largest absolute Gasteiger partial charge is 0.388 e. The third-order valence-electron chi connectivity index (χ3n) is 2.59. The number of nitro groups is 1. The van der Waals surface area contributed by atoms with Crippen molar-refractivity contribution in [1.29, 1.82) is 0 Å². The van der Waals surface area contributed by atoms with Crippen LogP contribution in [0.25, 0.3) is 0 Å². The number of rotatable bonds is 4. The highest BCUT2D eigenvalue weighted by Gasteiger charge is 2.22.